The molecule has 0 aromatic rings. The zero-order valence-corrected chi connectivity index (χ0v) is 11.6. The molecule has 0 aromatic carbocycles. The quantitative estimate of drug-likeness (QED) is 0.802. The number of allylic oxidation sites excluding steroid dienone is 2. The van der Waals surface area contributed by atoms with Gasteiger partial charge in [0.05, 0.1) is 0 Å². The molecule has 0 amide bonds. The van der Waals surface area contributed by atoms with E-state index in [1.807, 2.05) is 6.08 Å². The minimum Gasteiger partial charge on any atom is -0.487 e. The molecule has 100 valence electrons. The fraction of sp³-hybridized carbons (Fsp3) is 0.600. The van der Waals surface area contributed by atoms with Crippen molar-refractivity contribution in [3.05, 3.63) is 35.1 Å². The number of hydrogen-bond donors (Lipinski definition) is 2. The van der Waals surface area contributed by atoms with Crippen molar-refractivity contribution < 1.29 is 9.84 Å². The average molecular weight is 249 g/mol. The highest BCUT2D eigenvalue weighted by Crippen LogP contribution is 2.34. The van der Waals surface area contributed by atoms with Crippen molar-refractivity contribution >= 4 is 0 Å². The van der Waals surface area contributed by atoms with Gasteiger partial charge in [-0.25, -0.2) is 0 Å². The summed E-state index contributed by atoms with van der Waals surface area (Å²) in [4.78, 5) is 0. The Hall–Kier alpha value is -1.06. The average Bonchev–Trinajstić information content (AvgIpc) is 2.69. The van der Waals surface area contributed by atoms with Crippen LogP contribution >= 0.6 is 0 Å². The van der Waals surface area contributed by atoms with Crippen LogP contribution in [0.25, 0.3) is 0 Å². The Balaban J connectivity index is 2.03. The second-order valence-corrected chi connectivity index (χ2v) is 5.58. The Labute approximate surface area is 109 Å². The van der Waals surface area contributed by atoms with E-state index in [2.05, 4.69) is 45.2 Å². The molecule has 1 heterocycles. The van der Waals surface area contributed by atoms with Crippen LogP contribution in [0.15, 0.2) is 35.1 Å². The van der Waals surface area contributed by atoms with Gasteiger partial charge >= 0.3 is 0 Å². The van der Waals surface area contributed by atoms with Crippen molar-refractivity contribution in [2.45, 2.75) is 45.9 Å². The van der Waals surface area contributed by atoms with Crippen LogP contribution in [0.2, 0.25) is 0 Å². The summed E-state index contributed by atoms with van der Waals surface area (Å²) in [6.07, 6.45) is 5.86. The highest BCUT2D eigenvalue weighted by Gasteiger charge is 2.32. The summed E-state index contributed by atoms with van der Waals surface area (Å²) in [7, 11) is 0. The van der Waals surface area contributed by atoms with Gasteiger partial charge in [0, 0.05) is 18.5 Å². The number of rotatable bonds is 4. The first kappa shape index (κ1) is 13.4. The van der Waals surface area contributed by atoms with Gasteiger partial charge in [0.1, 0.15) is 18.0 Å². The molecule has 0 radical (unpaired) electrons. The lowest BCUT2D eigenvalue weighted by atomic mass is 9.90. The molecule has 0 fully saturated rings. The van der Waals surface area contributed by atoms with Gasteiger partial charge in [-0.1, -0.05) is 38.5 Å². The fourth-order valence-electron chi connectivity index (χ4n) is 2.47. The largest absolute Gasteiger partial charge is 0.487 e. The van der Waals surface area contributed by atoms with E-state index in [4.69, 9.17) is 4.74 Å². The Kier molecular flexibility index (Phi) is 3.93. The van der Waals surface area contributed by atoms with Crippen molar-refractivity contribution in [3.63, 3.8) is 0 Å². The number of nitrogens with one attached hydrogen (secondary N) is 1. The summed E-state index contributed by atoms with van der Waals surface area (Å²) < 4.78 is 5.88. The van der Waals surface area contributed by atoms with E-state index in [-0.39, 0.29) is 6.10 Å². The Bertz CT molecular complexity index is 407. The molecule has 3 unspecified atom stereocenters. The first-order chi connectivity index (χ1) is 8.47. The van der Waals surface area contributed by atoms with E-state index in [0.29, 0.717) is 24.3 Å². The van der Waals surface area contributed by atoms with Gasteiger partial charge in [-0.3, -0.25) is 0 Å². The molecule has 0 bridgehead atoms. The second kappa shape index (κ2) is 5.29. The first-order valence-corrected chi connectivity index (χ1v) is 6.67. The molecule has 0 spiro atoms. The molecule has 3 nitrogen and oxygen atoms in total. The van der Waals surface area contributed by atoms with E-state index < -0.39 is 6.10 Å². The molecule has 3 atom stereocenters. The standard InChI is InChI=1S/C15H23NO2/c1-9(2)16-8-13(17)14-7-12-6-10(3)5-11(4)15(12)18-14/h5-7,9,11,13,15-17H,8H2,1-4H3. The lowest BCUT2D eigenvalue weighted by Crippen LogP contribution is -2.33. The van der Waals surface area contributed by atoms with Crippen LogP contribution in [-0.4, -0.2) is 29.9 Å². The van der Waals surface area contributed by atoms with E-state index in [1.54, 1.807) is 0 Å². The maximum atomic E-state index is 10.1. The third-order valence-corrected chi connectivity index (χ3v) is 3.35. The zero-order chi connectivity index (χ0) is 13.3. The van der Waals surface area contributed by atoms with Crippen LogP contribution in [0.4, 0.5) is 0 Å². The number of ether oxygens (including phenoxy) is 1. The van der Waals surface area contributed by atoms with Crippen LogP contribution in [0.3, 0.4) is 0 Å². The predicted octanol–water partition coefficient (Wildman–Crippen LogP) is 2.15. The maximum absolute atomic E-state index is 10.1. The number of hydrogen-bond acceptors (Lipinski definition) is 3. The molecule has 2 aliphatic rings. The van der Waals surface area contributed by atoms with Crippen LogP contribution in [-0.2, 0) is 4.74 Å². The number of aliphatic hydroxyl groups is 1. The van der Waals surface area contributed by atoms with E-state index in [9.17, 15) is 5.11 Å². The summed E-state index contributed by atoms with van der Waals surface area (Å²) in [6.45, 7) is 8.91. The van der Waals surface area contributed by atoms with E-state index in [1.165, 1.54) is 11.1 Å². The predicted molar refractivity (Wildman–Crippen MR) is 73.1 cm³/mol. The Morgan fingerprint density at radius 1 is 1.39 bits per heavy atom. The third kappa shape index (κ3) is 2.85. The monoisotopic (exact) mass is 249 g/mol. The molecule has 2 rings (SSSR count). The fourth-order valence-corrected chi connectivity index (χ4v) is 2.47. The Morgan fingerprint density at radius 2 is 2.11 bits per heavy atom. The smallest absolute Gasteiger partial charge is 0.129 e. The summed E-state index contributed by atoms with van der Waals surface area (Å²) in [5.41, 5.74) is 2.45. The molecular formula is C15H23NO2. The molecule has 1 aliphatic heterocycles. The molecule has 0 saturated heterocycles. The van der Waals surface area contributed by atoms with Crippen LogP contribution in [0.1, 0.15) is 27.7 Å². The highest BCUT2D eigenvalue weighted by atomic mass is 16.5. The normalized spacial score (nSPS) is 28.2. The van der Waals surface area contributed by atoms with Gasteiger partial charge in [-0.15, -0.1) is 0 Å². The number of aliphatic hydroxyl groups excluding tert-OH is 1. The Morgan fingerprint density at radius 3 is 2.78 bits per heavy atom. The van der Waals surface area contributed by atoms with Gasteiger partial charge in [0.2, 0.25) is 0 Å². The van der Waals surface area contributed by atoms with Crippen LogP contribution < -0.4 is 5.32 Å². The van der Waals surface area contributed by atoms with Crippen LogP contribution in [0.5, 0.6) is 0 Å². The lowest BCUT2D eigenvalue weighted by molar-refractivity contribution is 0.0676. The van der Waals surface area contributed by atoms with Gasteiger partial charge in [0.25, 0.3) is 0 Å². The summed E-state index contributed by atoms with van der Waals surface area (Å²) in [6, 6.07) is 0.367. The molecule has 1 aliphatic carbocycles. The van der Waals surface area contributed by atoms with Crippen molar-refractivity contribution in [2.24, 2.45) is 5.92 Å². The van der Waals surface area contributed by atoms with Gasteiger partial charge in [-0.05, 0) is 18.6 Å². The third-order valence-electron chi connectivity index (χ3n) is 3.35. The van der Waals surface area contributed by atoms with Gasteiger partial charge in [0.15, 0.2) is 0 Å². The van der Waals surface area contributed by atoms with Crippen molar-refractivity contribution in [1.82, 2.24) is 5.32 Å². The van der Waals surface area contributed by atoms with Gasteiger partial charge in [-0.2, -0.15) is 0 Å². The molecule has 0 saturated carbocycles. The molecule has 2 N–H and O–H groups in total. The molecule has 3 heteroatoms. The molecular weight excluding hydrogens is 226 g/mol. The minimum atomic E-state index is -0.564. The summed E-state index contributed by atoms with van der Waals surface area (Å²) in [5.74, 6) is 1.05. The SMILES string of the molecule is CC1=CC(C)C2OC(C(O)CNC(C)C)=CC2=C1. The van der Waals surface area contributed by atoms with Crippen molar-refractivity contribution in [3.8, 4) is 0 Å². The highest BCUT2D eigenvalue weighted by molar-refractivity contribution is 5.42. The zero-order valence-electron chi connectivity index (χ0n) is 11.6. The number of fused-ring (bicyclic) bond motifs is 1. The van der Waals surface area contributed by atoms with Crippen LogP contribution in [0, 0.1) is 5.92 Å². The minimum absolute atomic E-state index is 0.0809. The molecule has 0 aromatic heterocycles. The summed E-state index contributed by atoms with van der Waals surface area (Å²) in [5, 5.41) is 13.3. The maximum Gasteiger partial charge on any atom is 0.129 e. The van der Waals surface area contributed by atoms with Gasteiger partial charge < -0.3 is 15.2 Å². The summed E-state index contributed by atoms with van der Waals surface area (Å²) >= 11 is 0. The lowest BCUT2D eigenvalue weighted by Gasteiger charge is -2.24. The first-order valence-electron chi connectivity index (χ1n) is 6.67. The molecule has 18 heavy (non-hydrogen) atoms. The van der Waals surface area contributed by atoms with Crippen molar-refractivity contribution in [2.75, 3.05) is 6.54 Å². The van der Waals surface area contributed by atoms with Crippen molar-refractivity contribution in [1.29, 1.82) is 0 Å². The topological polar surface area (TPSA) is 41.5 Å². The second-order valence-electron chi connectivity index (χ2n) is 5.58. The van der Waals surface area contributed by atoms with E-state index in [0.717, 1.165) is 0 Å². The van der Waals surface area contributed by atoms with E-state index >= 15 is 0 Å².